The summed E-state index contributed by atoms with van der Waals surface area (Å²) in [4.78, 5) is 0. The largest absolute Gasteiger partial charge is 0.321 e. The zero-order valence-electron chi connectivity index (χ0n) is 9.45. The predicted molar refractivity (Wildman–Crippen MR) is 68.3 cm³/mol. The molecule has 1 heteroatoms. The van der Waals surface area contributed by atoms with Crippen LogP contribution in [0, 0.1) is 0 Å². The number of rotatable bonds is 1. The third-order valence-corrected chi connectivity index (χ3v) is 3.82. The third kappa shape index (κ3) is 1.52. The van der Waals surface area contributed by atoms with Crippen LogP contribution < -0.4 is 5.73 Å². The van der Waals surface area contributed by atoms with Crippen LogP contribution in [-0.2, 0) is 5.54 Å². The Kier molecular flexibility index (Phi) is 2.22. The third-order valence-electron chi connectivity index (χ3n) is 3.82. The van der Waals surface area contributed by atoms with Crippen molar-refractivity contribution in [3.8, 4) is 0 Å². The molecule has 0 unspecified atom stereocenters. The first-order valence-corrected chi connectivity index (χ1v) is 6.06. The highest BCUT2D eigenvalue weighted by Crippen LogP contribution is 2.37. The number of hydrogen-bond donors (Lipinski definition) is 1. The van der Waals surface area contributed by atoms with Crippen LogP contribution >= 0.6 is 0 Å². The number of benzene rings is 2. The van der Waals surface area contributed by atoms with Gasteiger partial charge in [0.2, 0.25) is 0 Å². The maximum atomic E-state index is 6.47. The minimum atomic E-state index is -0.0654. The van der Waals surface area contributed by atoms with E-state index in [1.807, 2.05) is 0 Å². The maximum absolute atomic E-state index is 6.47. The molecule has 2 N–H and O–H groups in total. The van der Waals surface area contributed by atoms with Gasteiger partial charge < -0.3 is 5.73 Å². The fraction of sp³-hybridized carbons (Fsp3) is 0.333. The van der Waals surface area contributed by atoms with Crippen molar-refractivity contribution in [3.05, 3.63) is 48.0 Å². The molecule has 16 heavy (non-hydrogen) atoms. The Morgan fingerprint density at radius 3 is 2.31 bits per heavy atom. The van der Waals surface area contributed by atoms with E-state index >= 15 is 0 Å². The minimum Gasteiger partial charge on any atom is -0.321 e. The van der Waals surface area contributed by atoms with Gasteiger partial charge in [0, 0.05) is 5.54 Å². The van der Waals surface area contributed by atoms with Gasteiger partial charge in [-0.05, 0) is 35.2 Å². The van der Waals surface area contributed by atoms with E-state index in [9.17, 15) is 0 Å². The summed E-state index contributed by atoms with van der Waals surface area (Å²) in [5, 5.41) is 2.60. The van der Waals surface area contributed by atoms with Gasteiger partial charge in [-0.3, -0.25) is 0 Å². The van der Waals surface area contributed by atoms with Crippen molar-refractivity contribution in [2.45, 2.75) is 31.2 Å². The lowest BCUT2D eigenvalue weighted by atomic mass is 9.88. The van der Waals surface area contributed by atoms with E-state index in [0.717, 1.165) is 12.8 Å². The highest BCUT2D eigenvalue weighted by Gasteiger charge is 2.30. The van der Waals surface area contributed by atoms with Crippen LogP contribution in [0.1, 0.15) is 31.2 Å². The highest BCUT2D eigenvalue weighted by molar-refractivity contribution is 5.83. The van der Waals surface area contributed by atoms with Crippen molar-refractivity contribution in [3.63, 3.8) is 0 Å². The van der Waals surface area contributed by atoms with Crippen LogP contribution in [0.25, 0.3) is 10.8 Å². The number of nitrogens with two attached hydrogens (primary N) is 1. The van der Waals surface area contributed by atoms with E-state index in [-0.39, 0.29) is 5.54 Å². The second-order valence-electron chi connectivity index (χ2n) is 4.93. The van der Waals surface area contributed by atoms with Gasteiger partial charge in [-0.1, -0.05) is 49.2 Å². The Labute approximate surface area is 96.3 Å². The SMILES string of the molecule is NC1(c2ccc3ccccc3c2)CCCC1. The number of hydrogen-bond acceptors (Lipinski definition) is 1. The van der Waals surface area contributed by atoms with Crippen molar-refractivity contribution >= 4 is 10.8 Å². The van der Waals surface area contributed by atoms with Gasteiger partial charge in [0.05, 0.1) is 0 Å². The molecule has 0 atom stereocenters. The van der Waals surface area contributed by atoms with E-state index in [2.05, 4.69) is 42.5 Å². The van der Waals surface area contributed by atoms with Crippen LogP contribution in [0.4, 0.5) is 0 Å². The molecule has 1 fully saturated rings. The Bertz CT molecular complexity index is 510. The summed E-state index contributed by atoms with van der Waals surface area (Å²) in [6.45, 7) is 0. The van der Waals surface area contributed by atoms with Crippen LogP contribution in [0.5, 0.6) is 0 Å². The first-order chi connectivity index (χ1) is 7.78. The van der Waals surface area contributed by atoms with E-state index in [4.69, 9.17) is 5.73 Å². The van der Waals surface area contributed by atoms with Crippen molar-refractivity contribution in [1.29, 1.82) is 0 Å². The Balaban J connectivity index is 2.11. The van der Waals surface area contributed by atoms with Gasteiger partial charge in [-0.25, -0.2) is 0 Å². The quantitative estimate of drug-likeness (QED) is 0.766. The Hall–Kier alpha value is -1.34. The van der Waals surface area contributed by atoms with Crippen LogP contribution in [0.15, 0.2) is 42.5 Å². The topological polar surface area (TPSA) is 26.0 Å². The van der Waals surface area contributed by atoms with Gasteiger partial charge in [0.1, 0.15) is 0 Å². The molecule has 1 nitrogen and oxygen atoms in total. The smallest absolute Gasteiger partial charge is 0.0409 e. The molecule has 1 saturated carbocycles. The van der Waals surface area contributed by atoms with Crippen molar-refractivity contribution < 1.29 is 0 Å². The molecule has 3 rings (SSSR count). The molecule has 2 aromatic rings. The number of fused-ring (bicyclic) bond motifs is 1. The summed E-state index contributed by atoms with van der Waals surface area (Å²) >= 11 is 0. The molecule has 82 valence electrons. The molecular formula is C15H17N. The molecule has 1 aliphatic carbocycles. The fourth-order valence-corrected chi connectivity index (χ4v) is 2.79. The summed E-state index contributed by atoms with van der Waals surface area (Å²) in [6.07, 6.45) is 4.79. The van der Waals surface area contributed by atoms with Crippen molar-refractivity contribution in [2.24, 2.45) is 5.73 Å². The molecule has 0 amide bonds. The van der Waals surface area contributed by atoms with E-state index in [1.165, 1.54) is 29.2 Å². The van der Waals surface area contributed by atoms with E-state index < -0.39 is 0 Å². The lowest BCUT2D eigenvalue weighted by Gasteiger charge is -2.24. The molecule has 0 radical (unpaired) electrons. The normalized spacial score (nSPS) is 19.1. The molecule has 0 bridgehead atoms. The lowest BCUT2D eigenvalue weighted by molar-refractivity contribution is 0.462. The molecule has 0 heterocycles. The zero-order valence-corrected chi connectivity index (χ0v) is 9.45. The van der Waals surface area contributed by atoms with Crippen molar-refractivity contribution in [2.75, 3.05) is 0 Å². The average Bonchev–Trinajstić information content (AvgIpc) is 2.77. The first kappa shape index (κ1) is 9.86. The molecule has 0 spiro atoms. The lowest BCUT2D eigenvalue weighted by Crippen LogP contribution is -2.32. The van der Waals surface area contributed by atoms with Crippen molar-refractivity contribution in [1.82, 2.24) is 0 Å². The highest BCUT2D eigenvalue weighted by atomic mass is 14.8. The second-order valence-corrected chi connectivity index (χ2v) is 4.93. The Morgan fingerprint density at radius 2 is 1.56 bits per heavy atom. The average molecular weight is 211 g/mol. The molecule has 0 aliphatic heterocycles. The molecule has 0 aromatic heterocycles. The van der Waals surface area contributed by atoms with Gasteiger partial charge in [0.25, 0.3) is 0 Å². The predicted octanol–water partition coefficient (Wildman–Crippen LogP) is 3.57. The van der Waals surface area contributed by atoms with Crippen LogP contribution in [0.3, 0.4) is 0 Å². The summed E-state index contributed by atoms with van der Waals surface area (Å²) in [7, 11) is 0. The standard InChI is InChI=1S/C15H17N/c16-15(9-3-4-10-15)14-8-7-12-5-1-2-6-13(12)11-14/h1-2,5-8,11H,3-4,9-10,16H2. The Morgan fingerprint density at radius 1 is 0.875 bits per heavy atom. The molecule has 1 aliphatic rings. The van der Waals surface area contributed by atoms with Gasteiger partial charge in [-0.2, -0.15) is 0 Å². The first-order valence-electron chi connectivity index (χ1n) is 6.06. The monoisotopic (exact) mass is 211 g/mol. The van der Waals surface area contributed by atoms with Crippen LogP contribution in [0.2, 0.25) is 0 Å². The summed E-state index contributed by atoms with van der Waals surface area (Å²) in [5.41, 5.74) is 7.71. The van der Waals surface area contributed by atoms with Gasteiger partial charge >= 0.3 is 0 Å². The summed E-state index contributed by atoms with van der Waals surface area (Å²) < 4.78 is 0. The fourth-order valence-electron chi connectivity index (χ4n) is 2.79. The van der Waals surface area contributed by atoms with Gasteiger partial charge in [0.15, 0.2) is 0 Å². The second kappa shape index (κ2) is 3.60. The summed E-state index contributed by atoms with van der Waals surface area (Å²) in [5.74, 6) is 0. The van der Waals surface area contributed by atoms with E-state index in [1.54, 1.807) is 0 Å². The minimum absolute atomic E-state index is 0.0654. The van der Waals surface area contributed by atoms with E-state index in [0.29, 0.717) is 0 Å². The zero-order chi connectivity index (χ0) is 11.0. The molecule has 2 aromatic carbocycles. The van der Waals surface area contributed by atoms with Crippen LogP contribution in [-0.4, -0.2) is 0 Å². The maximum Gasteiger partial charge on any atom is 0.0409 e. The molecule has 0 saturated heterocycles. The summed E-state index contributed by atoms with van der Waals surface area (Å²) in [6, 6.07) is 15.1. The molecular weight excluding hydrogens is 194 g/mol. The van der Waals surface area contributed by atoms with Gasteiger partial charge in [-0.15, -0.1) is 0 Å².